The van der Waals surface area contributed by atoms with Crippen LogP contribution in [0.25, 0.3) is 0 Å². The van der Waals surface area contributed by atoms with Crippen molar-refractivity contribution in [2.45, 2.75) is 13.2 Å². The summed E-state index contributed by atoms with van der Waals surface area (Å²) in [6.07, 6.45) is 1.47. The van der Waals surface area contributed by atoms with Crippen LogP contribution in [0, 0.1) is 22.7 Å². The van der Waals surface area contributed by atoms with E-state index < -0.39 is 0 Å². The Hall–Kier alpha value is -3.51. The summed E-state index contributed by atoms with van der Waals surface area (Å²) in [6, 6.07) is 21.8. The summed E-state index contributed by atoms with van der Waals surface area (Å²) >= 11 is 12.6. The van der Waals surface area contributed by atoms with Crippen LogP contribution in [0.1, 0.15) is 27.8 Å². The molecular weight excluding hydrogens is 421 g/mol. The van der Waals surface area contributed by atoms with Crippen LogP contribution in [-0.4, -0.2) is 6.21 Å². The maximum Gasteiger partial charge on any atom is 0.157 e. The van der Waals surface area contributed by atoms with Crippen molar-refractivity contribution in [3.05, 3.63) is 98.5 Å². The minimum absolute atomic E-state index is 0.165. The molecule has 5 nitrogen and oxygen atoms in total. The molecule has 3 aromatic carbocycles. The van der Waals surface area contributed by atoms with Gasteiger partial charge < -0.3 is 9.57 Å². The van der Waals surface area contributed by atoms with E-state index in [9.17, 15) is 0 Å². The van der Waals surface area contributed by atoms with Gasteiger partial charge in [-0.25, -0.2) is 0 Å². The van der Waals surface area contributed by atoms with E-state index in [4.69, 9.17) is 43.3 Å². The zero-order valence-electron chi connectivity index (χ0n) is 15.7. The monoisotopic (exact) mass is 435 g/mol. The highest BCUT2D eigenvalue weighted by atomic mass is 35.5. The number of rotatable bonds is 7. The summed E-state index contributed by atoms with van der Waals surface area (Å²) in [7, 11) is 0. The maximum absolute atomic E-state index is 9.17. The first kappa shape index (κ1) is 21.2. The summed E-state index contributed by atoms with van der Waals surface area (Å²) in [5, 5.41) is 22.8. The second-order valence-electron chi connectivity index (χ2n) is 6.15. The van der Waals surface area contributed by atoms with Gasteiger partial charge in [-0.05, 0) is 29.8 Å². The molecule has 0 aliphatic heterocycles. The smallest absolute Gasteiger partial charge is 0.157 e. The molecule has 0 radical (unpaired) electrons. The highest BCUT2D eigenvalue weighted by Gasteiger charge is 2.11. The van der Waals surface area contributed by atoms with Gasteiger partial charge in [0.15, 0.2) is 5.75 Å². The van der Waals surface area contributed by atoms with Gasteiger partial charge in [0.2, 0.25) is 0 Å². The molecule has 0 amide bonds. The first-order valence-electron chi connectivity index (χ1n) is 8.85. The number of nitrogens with zero attached hydrogens (tertiary/aromatic N) is 3. The van der Waals surface area contributed by atoms with Gasteiger partial charge in [-0.1, -0.05) is 64.8 Å². The van der Waals surface area contributed by atoms with Crippen molar-refractivity contribution in [1.82, 2.24) is 0 Å². The molecule has 0 bridgehead atoms. The molecule has 148 valence electrons. The number of hydrogen-bond donors (Lipinski definition) is 0. The Morgan fingerprint density at radius 2 is 1.37 bits per heavy atom. The second kappa shape index (κ2) is 10.3. The highest BCUT2D eigenvalue weighted by Crippen LogP contribution is 2.34. The van der Waals surface area contributed by atoms with Crippen LogP contribution in [-0.2, 0) is 18.1 Å². The van der Waals surface area contributed by atoms with E-state index in [-0.39, 0.29) is 13.2 Å². The fraction of sp³-hybridized carbons (Fsp3) is 0.0870. The van der Waals surface area contributed by atoms with Gasteiger partial charge in [-0.2, -0.15) is 10.5 Å². The SMILES string of the molecule is N#Cc1ccccc1CO/N=C\c1cc(Cl)c(OCc2ccccc2C#N)c(Cl)c1. The third-order valence-electron chi connectivity index (χ3n) is 4.16. The molecule has 3 rings (SSSR count). The predicted molar refractivity (Wildman–Crippen MR) is 115 cm³/mol. The van der Waals surface area contributed by atoms with E-state index >= 15 is 0 Å². The molecule has 0 atom stereocenters. The van der Waals surface area contributed by atoms with Crippen molar-refractivity contribution in [3.8, 4) is 17.9 Å². The second-order valence-corrected chi connectivity index (χ2v) is 6.96. The van der Waals surface area contributed by atoms with Crippen LogP contribution >= 0.6 is 23.2 Å². The Kier molecular flexibility index (Phi) is 7.29. The average molecular weight is 436 g/mol. The van der Waals surface area contributed by atoms with Gasteiger partial charge in [0, 0.05) is 11.1 Å². The maximum atomic E-state index is 9.17. The largest absolute Gasteiger partial charge is 0.486 e. The molecule has 3 aromatic rings. The van der Waals surface area contributed by atoms with E-state index in [1.807, 2.05) is 18.2 Å². The third-order valence-corrected chi connectivity index (χ3v) is 4.73. The molecule has 0 aliphatic rings. The van der Waals surface area contributed by atoms with Crippen molar-refractivity contribution in [1.29, 1.82) is 10.5 Å². The molecular formula is C23H15Cl2N3O2. The lowest BCUT2D eigenvalue weighted by Crippen LogP contribution is -2.00. The molecule has 0 N–H and O–H groups in total. The lowest BCUT2D eigenvalue weighted by Gasteiger charge is -2.11. The molecule has 0 aromatic heterocycles. The molecule has 0 fully saturated rings. The van der Waals surface area contributed by atoms with Crippen molar-refractivity contribution in [3.63, 3.8) is 0 Å². The van der Waals surface area contributed by atoms with Crippen LogP contribution in [0.3, 0.4) is 0 Å². The van der Waals surface area contributed by atoms with Gasteiger partial charge >= 0.3 is 0 Å². The fourth-order valence-electron chi connectivity index (χ4n) is 2.66. The minimum Gasteiger partial charge on any atom is -0.486 e. The molecule has 0 spiro atoms. The van der Waals surface area contributed by atoms with Gasteiger partial charge in [0.25, 0.3) is 0 Å². The summed E-state index contributed by atoms with van der Waals surface area (Å²) in [6.45, 7) is 0.333. The van der Waals surface area contributed by atoms with Crippen LogP contribution in [0.4, 0.5) is 0 Å². The van der Waals surface area contributed by atoms with E-state index in [0.29, 0.717) is 32.5 Å². The summed E-state index contributed by atoms with van der Waals surface area (Å²) < 4.78 is 5.74. The van der Waals surface area contributed by atoms with E-state index in [0.717, 1.165) is 11.1 Å². The molecule has 0 saturated heterocycles. The van der Waals surface area contributed by atoms with Crippen LogP contribution < -0.4 is 4.74 Å². The molecule has 0 unspecified atom stereocenters. The van der Waals surface area contributed by atoms with E-state index in [1.165, 1.54) is 6.21 Å². The lowest BCUT2D eigenvalue weighted by molar-refractivity contribution is 0.132. The molecule has 0 saturated carbocycles. The topological polar surface area (TPSA) is 78.4 Å². The van der Waals surface area contributed by atoms with Crippen molar-refractivity contribution < 1.29 is 9.57 Å². The van der Waals surface area contributed by atoms with Crippen molar-refractivity contribution in [2.75, 3.05) is 0 Å². The molecule has 0 aliphatic carbocycles. The van der Waals surface area contributed by atoms with Gasteiger partial charge in [0.05, 0.1) is 39.5 Å². The number of hydrogen-bond acceptors (Lipinski definition) is 5. The van der Waals surface area contributed by atoms with Crippen LogP contribution in [0.15, 0.2) is 65.8 Å². The van der Waals surface area contributed by atoms with Crippen molar-refractivity contribution >= 4 is 29.4 Å². The normalized spacial score (nSPS) is 10.4. The standard InChI is InChI=1S/C23H15Cl2N3O2/c24-21-9-16(13-28-30-15-20-8-4-2-6-18(20)12-27)10-22(25)23(21)29-14-19-7-3-1-5-17(19)11-26/h1-10,13H,14-15H2/b28-13-. The quantitative estimate of drug-likeness (QED) is 0.343. The summed E-state index contributed by atoms with van der Waals surface area (Å²) in [5.74, 6) is 0.326. The average Bonchev–Trinajstić information content (AvgIpc) is 2.76. The highest BCUT2D eigenvalue weighted by molar-refractivity contribution is 6.37. The van der Waals surface area contributed by atoms with Gasteiger partial charge in [-0.15, -0.1) is 0 Å². The Balaban J connectivity index is 1.65. The Morgan fingerprint density at radius 1 is 0.833 bits per heavy atom. The zero-order chi connectivity index (χ0) is 21.3. The minimum atomic E-state index is 0.165. The fourth-order valence-corrected chi connectivity index (χ4v) is 3.27. The summed E-state index contributed by atoms with van der Waals surface area (Å²) in [5.41, 5.74) is 3.18. The number of nitriles is 2. The number of oxime groups is 1. The first-order valence-corrected chi connectivity index (χ1v) is 9.61. The third kappa shape index (κ3) is 5.30. The molecule has 7 heteroatoms. The van der Waals surface area contributed by atoms with Gasteiger partial charge in [0.1, 0.15) is 13.2 Å². The Bertz CT molecular complexity index is 1140. The molecule has 30 heavy (non-hydrogen) atoms. The lowest BCUT2D eigenvalue weighted by atomic mass is 10.1. The molecule has 0 heterocycles. The number of benzene rings is 3. The van der Waals surface area contributed by atoms with Crippen molar-refractivity contribution in [2.24, 2.45) is 5.16 Å². The Morgan fingerprint density at radius 3 is 1.93 bits per heavy atom. The number of ether oxygens (including phenoxy) is 1. The van der Waals surface area contributed by atoms with Gasteiger partial charge in [-0.3, -0.25) is 0 Å². The van der Waals surface area contributed by atoms with Crippen LogP contribution in [0.2, 0.25) is 10.0 Å². The summed E-state index contributed by atoms with van der Waals surface area (Å²) in [4.78, 5) is 5.28. The van der Waals surface area contributed by atoms with E-state index in [2.05, 4.69) is 17.3 Å². The van der Waals surface area contributed by atoms with E-state index in [1.54, 1.807) is 42.5 Å². The predicted octanol–water partition coefficient (Wildman–Crippen LogP) is 5.87. The first-order chi connectivity index (χ1) is 14.6. The van der Waals surface area contributed by atoms with Crippen LogP contribution in [0.5, 0.6) is 5.75 Å². The zero-order valence-corrected chi connectivity index (χ0v) is 17.2. The Labute approximate surface area is 184 Å². The number of halogens is 2.